The quantitative estimate of drug-likeness (QED) is 0.800. The highest BCUT2D eigenvalue weighted by atomic mass is 16.5. The summed E-state index contributed by atoms with van der Waals surface area (Å²) in [5.41, 5.74) is 0.527. The fourth-order valence-corrected chi connectivity index (χ4v) is 4.44. The van der Waals surface area contributed by atoms with Gasteiger partial charge in [-0.05, 0) is 37.8 Å². The van der Waals surface area contributed by atoms with Crippen molar-refractivity contribution in [2.75, 3.05) is 31.1 Å². The number of amides is 2. The molecule has 2 aliphatic heterocycles. The molecule has 1 spiro atoms. The maximum atomic E-state index is 12.8. The maximum absolute atomic E-state index is 12.8. The Balaban J connectivity index is 1.38. The number of nitrogens with zero attached hydrogens (tertiary/aromatic N) is 2. The van der Waals surface area contributed by atoms with Crippen LogP contribution >= 0.6 is 0 Å². The van der Waals surface area contributed by atoms with Gasteiger partial charge in [-0.1, -0.05) is 18.2 Å². The molecule has 0 bridgehead atoms. The number of carbonyl (C=O) groups excluding carboxylic acids is 3. The van der Waals surface area contributed by atoms with Gasteiger partial charge in [0.1, 0.15) is 12.4 Å². The Morgan fingerprint density at radius 2 is 1.70 bits per heavy atom. The smallest absolute Gasteiger partial charge is 0.253 e. The summed E-state index contributed by atoms with van der Waals surface area (Å²) in [6.07, 6.45) is 3.91. The SMILES string of the molecule is O=C1CCC(C(=O)N2CCC3(CC2)CN(c2ccccc2)C(=O)CO3)CC1. The fourth-order valence-electron chi connectivity index (χ4n) is 4.44. The Hall–Kier alpha value is -2.21. The van der Waals surface area contributed by atoms with Crippen molar-refractivity contribution in [2.45, 2.75) is 44.1 Å². The van der Waals surface area contributed by atoms with Gasteiger partial charge in [-0.25, -0.2) is 0 Å². The van der Waals surface area contributed by atoms with E-state index in [1.165, 1.54) is 0 Å². The fraction of sp³-hybridized carbons (Fsp3) is 0.571. The first-order chi connectivity index (χ1) is 13.1. The van der Waals surface area contributed by atoms with Crippen LogP contribution in [0.25, 0.3) is 0 Å². The number of benzene rings is 1. The highest BCUT2D eigenvalue weighted by Crippen LogP contribution is 2.34. The Labute approximate surface area is 159 Å². The summed E-state index contributed by atoms with van der Waals surface area (Å²) in [4.78, 5) is 40.3. The Morgan fingerprint density at radius 1 is 1.04 bits per heavy atom. The van der Waals surface area contributed by atoms with E-state index < -0.39 is 0 Å². The first-order valence-electron chi connectivity index (χ1n) is 9.86. The van der Waals surface area contributed by atoms with E-state index in [1.54, 1.807) is 0 Å². The Morgan fingerprint density at radius 3 is 2.37 bits per heavy atom. The van der Waals surface area contributed by atoms with Gasteiger partial charge in [0, 0.05) is 37.5 Å². The number of piperidine rings is 1. The van der Waals surface area contributed by atoms with Crippen LogP contribution in [0.3, 0.4) is 0 Å². The number of ether oxygens (including phenoxy) is 1. The van der Waals surface area contributed by atoms with Crippen LogP contribution in [-0.4, -0.2) is 54.3 Å². The molecule has 6 nitrogen and oxygen atoms in total. The highest BCUT2D eigenvalue weighted by molar-refractivity contribution is 5.95. The van der Waals surface area contributed by atoms with Gasteiger partial charge < -0.3 is 14.5 Å². The lowest BCUT2D eigenvalue weighted by Crippen LogP contribution is -2.59. The van der Waals surface area contributed by atoms with E-state index in [0.717, 1.165) is 18.5 Å². The van der Waals surface area contributed by atoms with E-state index >= 15 is 0 Å². The number of hydrogen-bond donors (Lipinski definition) is 0. The molecule has 2 heterocycles. The summed E-state index contributed by atoms with van der Waals surface area (Å²) in [5, 5.41) is 0. The van der Waals surface area contributed by atoms with Gasteiger partial charge in [0.05, 0.1) is 12.1 Å². The van der Waals surface area contributed by atoms with Crippen molar-refractivity contribution in [1.29, 1.82) is 0 Å². The number of ketones is 1. The summed E-state index contributed by atoms with van der Waals surface area (Å²) < 4.78 is 5.98. The lowest BCUT2D eigenvalue weighted by atomic mass is 9.85. The minimum Gasteiger partial charge on any atom is -0.363 e. The van der Waals surface area contributed by atoms with Gasteiger partial charge >= 0.3 is 0 Å². The Kier molecular flexibility index (Phi) is 5.00. The molecule has 27 heavy (non-hydrogen) atoms. The number of likely N-dealkylation sites (tertiary alicyclic amines) is 1. The highest BCUT2D eigenvalue weighted by Gasteiger charge is 2.44. The van der Waals surface area contributed by atoms with Crippen molar-refractivity contribution in [3.05, 3.63) is 30.3 Å². The standard InChI is InChI=1S/C21H26N2O4/c24-18-8-6-16(7-9-18)20(26)22-12-10-21(11-13-22)15-23(19(25)14-27-21)17-4-2-1-3-5-17/h1-5,16H,6-15H2. The number of morpholine rings is 1. The summed E-state index contributed by atoms with van der Waals surface area (Å²) in [7, 11) is 0. The number of para-hydroxylation sites is 1. The van der Waals surface area contributed by atoms with Crippen LogP contribution in [0.1, 0.15) is 38.5 Å². The van der Waals surface area contributed by atoms with Crippen LogP contribution in [0.15, 0.2) is 30.3 Å². The van der Waals surface area contributed by atoms with Crippen LogP contribution in [0.5, 0.6) is 0 Å². The molecule has 0 radical (unpaired) electrons. The molecule has 3 fully saturated rings. The van der Waals surface area contributed by atoms with Crippen molar-refractivity contribution in [3.8, 4) is 0 Å². The first kappa shape index (κ1) is 18.2. The third-order valence-electron chi connectivity index (χ3n) is 6.20. The van der Waals surface area contributed by atoms with Gasteiger partial charge in [0.2, 0.25) is 5.91 Å². The topological polar surface area (TPSA) is 66.9 Å². The molecule has 1 aromatic rings. The number of hydrogen-bond acceptors (Lipinski definition) is 4. The van der Waals surface area contributed by atoms with Crippen LogP contribution < -0.4 is 4.90 Å². The van der Waals surface area contributed by atoms with Crippen LogP contribution in [0, 0.1) is 5.92 Å². The number of carbonyl (C=O) groups is 3. The zero-order valence-corrected chi connectivity index (χ0v) is 15.6. The largest absolute Gasteiger partial charge is 0.363 e. The molecule has 0 atom stereocenters. The Bertz CT molecular complexity index is 715. The van der Waals surface area contributed by atoms with E-state index in [4.69, 9.17) is 4.74 Å². The second-order valence-electron chi connectivity index (χ2n) is 7.93. The van der Waals surface area contributed by atoms with Crippen molar-refractivity contribution < 1.29 is 19.1 Å². The van der Waals surface area contributed by atoms with Gasteiger partial charge in [0.25, 0.3) is 5.91 Å². The second-order valence-corrected chi connectivity index (χ2v) is 7.93. The summed E-state index contributed by atoms with van der Waals surface area (Å²) in [5.74, 6) is 0.436. The zero-order valence-electron chi connectivity index (χ0n) is 15.6. The zero-order chi connectivity index (χ0) is 18.9. The molecule has 6 heteroatoms. The molecule has 144 valence electrons. The molecule has 0 unspecified atom stereocenters. The third kappa shape index (κ3) is 3.76. The minimum atomic E-state index is -0.372. The summed E-state index contributed by atoms with van der Waals surface area (Å²) in [6, 6.07) is 9.69. The molecule has 2 saturated heterocycles. The van der Waals surface area contributed by atoms with Gasteiger partial charge in [-0.15, -0.1) is 0 Å². The lowest BCUT2D eigenvalue weighted by molar-refractivity contribution is -0.153. The normalized spacial score (nSPS) is 23.7. The van der Waals surface area contributed by atoms with E-state index in [1.807, 2.05) is 40.1 Å². The van der Waals surface area contributed by atoms with E-state index in [2.05, 4.69) is 0 Å². The third-order valence-corrected chi connectivity index (χ3v) is 6.20. The predicted molar refractivity (Wildman–Crippen MR) is 100 cm³/mol. The van der Waals surface area contributed by atoms with Crippen molar-refractivity contribution >= 4 is 23.3 Å². The minimum absolute atomic E-state index is 0.00795. The van der Waals surface area contributed by atoms with E-state index in [0.29, 0.717) is 45.3 Å². The second kappa shape index (κ2) is 7.43. The first-order valence-corrected chi connectivity index (χ1v) is 9.86. The lowest BCUT2D eigenvalue weighted by Gasteiger charge is -2.47. The molecule has 2 amide bonds. The van der Waals surface area contributed by atoms with Crippen LogP contribution in [-0.2, 0) is 19.1 Å². The maximum Gasteiger partial charge on any atom is 0.253 e. The molecule has 1 saturated carbocycles. The monoisotopic (exact) mass is 370 g/mol. The molecule has 3 aliphatic rings. The average Bonchev–Trinajstić information content (AvgIpc) is 2.71. The number of rotatable bonds is 2. The predicted octanol–water partition coefficient (Wildman–Crippen LogP) is 2.17. The molecule has 4 rings (SSSR count). The molecule has 0 N–H and O–H groups in total. The molecular formula is C21H26N2O4. The number of anilines is 1. The molecular weight excluding hydrogens is 344 g/mol. The van der Waals surface area contributed by atoms with Gasteiger partial charge in [0.15, 0.2) is 0 Å². The molecule has 0 aromatic heterocycles. The summed E-state index contributed by atoms with van der Waals surface area (Å²) in [6.45, 7) is 1.93. The van der Waals surface area contributed by atoms with Crippen LogP contribution in [0.2, 0.25) is 0 Å². The average molecular weight is 370 g/mol. The van der Waals surface area contributed by atoms with Gasteiger partial charge in [-0.3, -0.25) is 14.4 Å². The van der Waals surface area contributed by atoms with Crippen LogP contribution in [0.4, 0.5) is 5.69 Å². The summed E-state index contributed by atoms with van der Waals surface area (Å²) >= 11 is 0. The van der Waals surface area contributed by atoms with E-state index in [-0.39, 0.29) is 35.7 Å². The van der Waals surface area contributed by atoms with E-state index in [9.17, 15) is 14.4 Å². The van der Waals surface area contributed by atoms with Gasteiger partial charge in [-0.2, -0.15) is 0 Å². The molecule has 1 aromatic carbocycles. The van der Waals surface area contributed by atoms with Crippen molar-refractivity contribution in [3.63, 3.8) is 0 Å². The van der Waals surface area contributed by atoms with Crippen molar-refractivity contribution in [2.24, 2.45) is 5.92 Å². The van der Waals surface area contributed by atoms with Crippen molar-refractivity contribution in [1.82, 2.24) is 4.90 Å². The molecule has 1 aliphatic carbocycles. The number of Topliss-reactive ketones (excluding diaryl/α,β-unsaturated/α-hetero) is 1.